The van der Waals surface area contributed by atoms with E-state index in [2.05, 4.69) is 15.2 Å². The van der Waals surface area contributed by atoms with Crippen LogP contribution in [0.15, 0.2) is 60.7 Å². The average molecular weight is 297 g/mol. The third-order valence-corrected chi connectivity index (χ3v) is 3.31. The van der Waals surface area contributed by atoms with Crippen molar-refractivity contribution in [1.82, 2.24) is 15.2 Å². The molecule has 0 unspecified atom stereocenters. The highest BCUT2D eigenvalue weighted by molar-refractivity contribution is 5.77. The Morgan fingerprint density at radius 1 is 0.696 bits per heavy atom. The molecule has 1 heterocycles. The molecule has 0 aliphatic heterocycles. The smallest absolute Gasteiger partial charge is 0.194 e. The predicted octanol–water partition coefficient (Wildman–Crippen LogP) is 3.34. The van der Waals surface area contributed by atoms with Crippen LogP contribution >= 0.6 is 0 Å². The molecular weight excluding hydrogens is 286 g/mol. The van der Waals surface area contributed by atoms with Crippen LogP contribution in [0.25, 0.3) is 22.5 Å². The summed E-state index contributed by atoms with van der Waals surface area (Å²) in [5, 5.41) is 26.3. The van der Waals surface area contributed by atoms with Crippen LogP contribution in [0.2, 0.25) is 0 Å². The first-order valence-electron chi connectivity index (χ1n) is 6.98. The van der Waals surface area contributed by atoms with E-state index >= 15 is 0 Å². The van der Waals surface area contributed by atoms with Crippen LogP contribution in [-0.2, 0) is 0 Å². The highest BCUT2D eigenvalue weighted by atomic mass is 15.2. The molecule has 5 nitrogen and oxygen atoms in total. The monoisotopic (exact) mass is 297 g/mol. The summed E-state index contributed by atoms with van der Waals surface area (Å²) in [6.45, 7) is 0. The molecule has 0 aliphatic carbocycles. The summed E-state index contributed by atoms with van der Waals surface area (Å²) in [4.78, 5) is 4.44. The molecule has 0 aliphatic rings. The number of rotatable bonds is 3. The molecule has 0 saturated carbocycles. The van der Waals surface area contributed by atoms with Gasteiger partial charge in [0.05, 0.1) is 12.1 Å². The first-order chi connectivity index (χ1) is 11.3. The van der Waals surface area contributed by atoms with Crippen LogP contribution in [0.3, 0.4) is 0 Å². The zero-order valence-electron chi connectivity index (χ0n) is 12.1. The van der Waals surface area contributed by atoms with Gasteiger partial charge in [-0.3, -0.25) is 0 Å². The van der Waals surface area contributed by atoms with Crippen molar-refractivity contribution < 1.29 is 0 Å². The van der Waals surface area contributed by atoms with E-state index in [0.717, 1.165) is 11.1 Å². The van der Waals surface area contributed by atoms with E-state index in [-0.39, 0.29) is 5.82 Å². The zero-order chi connectivity index (χ0) is 16.1. The Balaban J connectivity index is 2.22. The van der Waals surface area contributed by atoms with Crippen LogP contribution in [0.4, 0.5) is 0 Å². The Labute approximate surface area is 133 Å². The van der Waals surface area contributed by atoms with Gasteiger partial charge in [-0.1, -0.05) is 60.7 Å². The maximum atomic E-state index is 9.05. The molecule has 0 atom stereocenters. The predicted molar refractivity (Wildman–Crippen MR) is 84.7 cm³/mol. The van der Waals surface area contributed by atoms with E-state index in [0.29, 0.717) is 11.4 Å². The topological polar surface area (TPSA) is 86.2 Å². The van der Waals surface area contributed by atoms with E-state index in [1.54, 1.807) is 0 Å². The van der Waals surface area contributed by atoms with Crippen LogP contribution in [0.1, 0.15) is 11.7 Å². The molecule has 0 amide bonds. The standard InChI is InChI=1S/C18H11N5/c19-11-15(12-20)18-21-16(13-7-3-1-4-8-13)17(22-23-18)14-9-5-2-6-10-14/h1-10,15H. The van der Waals surface area contributed by atoms with Gasteiger partial charge in [0.2, 0.25) is 0 Å². The van der Waals surface area contributed by atoms with Crippen LogP contribution < -0.4 is 0 Å². The van der Waals surface area contributed by atoms with E-state index < -0.39 is 5.92 Å². The molecule has 3 rings (SSSR count). The zero-order valence-corrected chi connectivity index (χ0v) is 12.1. The minimum atomic E-state index is -1.03. The van der Waals surface area contributed by atoms with E-state index in [9.17, 15) is 0 Å². The molecule has 0 N–H and O–H groups in total. The van der Waals surface area contributed by atoms with E-state index in [1.165, 1.54) is 0 Å². The van der Waals surface area contributed by atoms with Gasteiger partial charge in [-0.05, 0) is 0 Å². The van der Waals surface area contributed by atoms with Gasteiger partial charge in [-0.25, -0.2) is 4.98 Å². The maximum absolute atomic E-state index is 9.05. The number of aromatic nitrogens is 3. The molecule has 0 bridgehead atoms. The molecule has 108 valence electrons. The minimum Gasteiger partial charge on any atom is -0.226 e. The molecule has 1 aromatic heterocycles. The minimum absolute atomic E-state index is 0.119. The summed E-state index contributed by atoms with van der Waals surface area (Å²) in [5.41, 5.74) is 2.97. The van der Waals surface area contributed by atoms with Crippen molar-refractivity contribution in [2.75, 3.05) is 0 Å². The van der Waals surface area contributed by atoms with Crippen LogP contribution in [-0.4, -0.2) is 15.2 Å². The number of nitrogens with zero attached hydrogens (tertiary/aromatic N) is 5. The lowest BCUT2D eigenvalue weighted by Gasteiger charge is -2.09. The molecule has 5 heteroatoms. The SMILES string of the molecule is N#CC(C#N)c1nnc(-c2ccccc2)c(-c2ccccc2)n1. The van der Waals surface area contributed by atoms with Crippen molar-refractivity contribution in [1.29, 1.82) is 10.5 Å². The first-order valence-corrected chi connectivity index (χ1v) is 6.98. The molecule has 3 aromatic rings. The number of hydrogen-bond donors (Lipinski definition) is 0. The summed E-state index contributed by atoms with van der Waals surface area (Å²) in [6, 6.07) is 22.9. The highest BCUT2D eigenvalue weighted by Gasteiger charge is 2.18. The van der Waals surface area contributed by atoms with Gasteiger partial charge in [0, 0.05) is 11.1 Å². The molecule has 2 aromatic carbocycles. The van der Waals surface area contributed by atoms with Gasteiger partial charge in [0.15, 0.2) is 11.7 Å². The molecule has 0 spiro atoms. The summed E-state index contributed by atoms with van der Waals surface area (Å²) in [7, 11) is 0. The molecule has 23 heavy (non-hydrogen) atoms. The van der Waals surface area contributed by atoms with Crippen LogP contribution in [0, 0.1) is 22.7 Å². The van der Waals surface area contributed by atoms with E-state index in [4.69, 9.17) is 10.5 Å². The molecule has 0 fully saturated rings. The first kappa shape index (κ1) is 14.4. The average Bonchev–Trinajstić information content (AvgIpc) is 2.64. The fourth-order valence-electron chi connectivity index (χ4n) is 2.19. The number of hydrogen-bond acceptors (Lipinski definition) is 5. The second-order valence-corrected chi connectivity index (χ2v) is 4.79. The van der Waals surface area contributed by atoms with Gasteiger partial charge >= 0.3 is 0 Å². The normalized spacial score (nSPS) is 10.0. The van der Waals surface area contributed by atoms with Crippen molar-refractivity contribution in [2.24, 2.45) is 0 Å². The summed E-state index contributed by atoms with van der Waals surface area (Å²) in [5.74, 6) is -0.914. The quantitative estimate of drug-likeness (QED) is 0.740. The molecular formula is C18H11N5. The van der Waals surface area contributed by atoms with Crippen molar-refractivity contribution >= 4 is 0 Å². The van der Waals surface area contributed by atoms with Gasteiger partial charge in [-0.2, -0.15) is 10.5 Å². The van der Waals surface area contributed by atoms with Crippen LogP contribution in [0.5, 0.6) is 0 Å². The second-order valence-electron chi connectivity index (χ2n) is 4.79. The number of benzene rings is 2. The van der Waals surface area contributed by atoms with Gasteiger partial charge < -0.3 is 0 Å². The summed E-state index contributed by atoms with van der Waals surface area (Å²) >= 11 is 0. The lowest BCUT2D eigenvalue weighted by molar-refractivity contribution is 0.848. The molecule has 0 radical (unpaired) electrons. The van der Waals surface area contributed by atoms with Gasteiger partial charge in [0.25, 0.3) is 0 Å². The van der Waals surface area contributed by atoms with Crippen molar-refractivity contribution in [3.63, 3.8) is 0 Å². The number of nitriles is 2. The Morgan fingerprint density at radius 3 is 1.74 bits per heavy atom. The Kier molecular flexibility index (Phi) is 4.04. The van der Waals surface area contributed by atoms with Crippen molar-refractivity contribution in [2.45, 2.75) is 5.92 Å². The third-order valence-electron chi connectivity index (χ3n) is 3.31. The third kappa shape index (κ3) is 2.90. The fraction of sp³-hybridized carbons (Fsp3) is 0.0556. The van der Waals surface area contributed by atoms with Gasteiger partial charge in [0.1, 0.15) is 11.4 Å². The van der Waals surface area contributed by atoms with Gasteiger partial charge in [-0.15, -0.1) is 10.2 Å². The van der Waals surface area contributed by atoms with Crippen molar-refractivity contribution in [3.05, 3.63) is 66.5 Å². The Morgan fingerprint density at radius 2 is 1.22 bits per heavy atom. The lowest BCUT2D eigenvalue weighted by Crippen LogP contribution is -2.06. The Bertz CT molecular complexity index is 878. The second kappa shape index (κ2) is 6.46. The fourth-order valence-corrected chi connectivity index (χ4v) is 2.19. The lowest BCUT2D eigenvalue weighted by atomic mass is 10.0. The molecule has 0 saturated heterocycles. The van der Waals surface area contributed by atoms with E-state index in [1.807, 2.05) is 72.8 Å². The summed E-state index contributed by atoms with van der Waals surface area (Å²) < 4.78 is 0. The highest BCUT2D eigenvalue weighted by Crippen LogP contribution is 2.28. The largest absolute Gasteiger partial charge is 0.226 e. The van der Waals surface area contributed by atoms with Crippen molar-refractivity contribution in [3.8, 4) is 34.7 Å². The Hall–Kier alpha value is -3.57. The summed E-state index contributed by atoms with van der Waals surface area (Å²) in [6.07, 6.45) is 0. The maximum Gasteiger partial charge on any atom is 0.194 e.